The first kappa shape index (κ1) is 16.2. The van der Waals surface area contributed by atoms with Gasteiger partial charge in [0.1, 0.15) is 0 Å². The zero-order chi connectivity index (χ0) is 16.9. The van der Waals surface area contributed by atoms with Gasteiger partial charge in [-0.15, -0.1) is 0 Å². The lowest BCUT2D eigenvalue weighted by atomic mass is 10.0. The van der Waals surface area contributed by atoms with Crippen molar-refractivity contribution in [3.05, 3.63) is 59.7 Å². The van der Waals surface area contributed by atoms with Crippen molar-refractivity contribution in [1.29, 1.82) is 0 Å². The van der Waals surface area contributed by atoms with E-state index in [0.29, 0.717) is 11.1 Å². The molecule has 0 aliphatic carbocycles. The molecule has 1 amide bonds. The Morgan fingerprint density at radius 3 is 2.38 bits per heavy atom. The number of methoxy groups -OCH3 is 1. The second-order valence-corrected chi connectivity index (χ2v) is 5.82. The summed E-state index contributed by atoms with van der Waals surface area (Å²) in [5, 5.41) is 6.27. The first-order chi connectivity index (χ1) is 11.7. The van der Waals surface area contributed by atoms with Crippen LogP contribution in [0.15, 0.2) is 48.5 Å². The number of hydrogen-bond donors (Lipinski definition) is 2. The third-order valence-corrected chi connectivity index (χ3v) is 4.14. The number of carbonyl (C=O) groups excluding carboxylic acids is 2. The predicted molar refractivity (Wildman–Crippen MR) is 92.0 cm³/mol. The summed E-state index contributed by atoms with van der Waals surface area (Å²) in [6.07, 6.45) is 0.951. The highest BCUT2D eigenvalue weighted by Crippen LogP contribution is 2.22. The second-order valence-electron chi connectivity index (χ2n) is 5.82. The van der Waals surface area contributed by atoms with E-state index in [1.807, 2.05) is 24.3 Å². The molecule has 0 bridgehead atoms. The van der Waals surface area contributed by atoms with Gasteiger partial charge in [0.15, 0.2) is 0 Å². The molecule has 1 fully saturated rings. The highest BCUT2D eigenvalue weighted by atomic mass is 16.5. The smallest absolute Gasteiger partial charge is 0.337 e. The van der Waals surface area contributed by atoms with Gasteiger partial charge in [0.2, 0.25) is 0 Å². The molecule has 1 aliphatic rings. The number of hydrogen-bond acceptors (Lipinski definition) is 4. The molecule has 124 valence electrons. The van der Waals surface area contributed by atoms with Gasteiger partial charge in [-0.25, -0.2) is 4.79 Å². The van der Waals surface area contributed by atoms with Crippen LogP contribution in [-0.2, 0) is 4.74 Å². The predicted octanol–water partition coefficient (Wildman–Crippen LogP) is 2.23. The molecule has 2 N–H and O–H groups in total. The summed E-state index contributed by atoms with van der Waals surface area (Å²) in [5.41, 5.74) is 2.86. The molecule has 0 aromatic heterocycles. The van der Waals surface area contributed by atoms with E-state index >= 15 is 0 Å². The number of benzene rings is 2. The van der Waals surface area contributed by atoms with Gasteiger partial charge in [-0.3, -0.25) is 4.79 Å². The average molecular weight is 324 g/mol. The number of nitrogens with one attached hydrogen (secondary N) is 2. The van der Waals surface area contributed by atoms with Crippen LogP contribution in [0.3, 0.4) is 0 Å². The fourth-order valence-corrected chi connectivity index (χ4v) is 2.83. The van der Waals surface area contributed by atoms with Crippen LogP contribution in [0, 0.1) is 0 Å². The van der Waals surface area contributed by atoms with Crippen LogP contribution in [0.2, 0.25) is 0 Å². The van der Waals surface area contributed by atoms with Gasteiger partial charge in [-0.1, -0.05) is 24.3 Å². The summed E-state index contributed by atoms with van der Waals surface area (Å²) in [6, 6.07) is 14.8. The van der Waals surface area contributed by atoms with Crippen molar-refractivity contribution in [2.24, 2.45) is 0 Å². The first-order valence-electron chi connectivity index (χ1n) is 7.98. The Bertz CT molecular complexity index is 752. The molecule has 0 saturated carbocycles. The van der Waals surface area contributed by atoms with Crippen LogP contribution in [-0.4, -0.2) is 38.1 Å². The summed E-state index contributed by atoms with van der Waals surface area (Å²) in [4.78, 5) is 24.1. The van der Waals surface area contributed by atoms with E-state index < -0.39 is 0 Å². The molecule has 2 aromatic carbocycles. The quantitative estimate of drug-likeness (QED) is 0.847. The number of ether oxygens (including phenoxy) is 1. The summed E-state index contributed by atoms with van der Waals surface area (Å²) in [7, 11) is 1.36. The number of carbonyl (C=O) groups is 2. The number of amides is 1. The van der Waals surface area contributed by atoms with Gasteiger partial charge >= 0.3 is 5.97 Å². The third-order valence-electron chi connectivity index (χ3n) is 4.14. The maximum Gasteiger partial charge on any atom is 0.337 e. The van der Waals surface area contributed by atoms with Crippen LogP contribution in [0.5, 0.6) is 0 Å². The Morgan fingerprint density at radius 1 is 1.08 bits per heavy atom. The van der Waals surface area contributed by atoms with Crippen molar-refractivity contribution >= 4 is 11.9 Å². The summed E-state index contributed by atoms with van der Waals surface area (Å²) in [6.45, 7) is 1.75. The minimum Gasteiger partial charge on any atom is -0.465 e. The van der Waals surface area contributed by atoms with Crippen molar-refractivity contribution in [2.75, 3.05) is 20.2 Å². The Morgan fingerprint density at radius 2 is 1.75 bits per heavy atom. The van der Waals surface area contributed by atoms with Crippen LogP contribution in [0.4, 0.5) is 0 Å². The average Bonchev–Trinajstić information content (AvgIpc) is 3.14. The van der Waals surface area contributed by atoms with Crippen molar-refractivity contribution < 1.29 is 14.3 Å². The van der Waals surface area contributed by atoms with Crippen LogP contribution < -0.4 is 10.6 Å². The molecule has 1 saturated heterocycles. The van der Waals surface area contributed by atoms with E-state index in [2.05, 4.69) is 10.6 Å². The van der Waals surface area contributed by atoms with E-state index in [4.69, 9.17) is 4.74 Å². The van der Waals surface area contributed by atoms with Crippen LogP contribution in [0.1, 0.15) is 27.1 Å². The third kappa shape index (κ3) is 3.63. The fraction of sp³-hybridized carbons (Fsp3) is 0.263. The van der Waals surface area contributed by atoms with Crippen LogP contribution >= 0.6 is 0 Å². The molecule has 5 nitrogen and oxygen atoms in total. The fourth-order valence-electron chi connectivity index (χ4n) is 2.83. The maximum absolute atomic E-state index is 12.4. The van der Waals surface area contributed by atoms with Gasteiger partial charge in [0.05, 0.1) is 12.7 Å². The second kappa shape index (κ2) is 7.27. The van der Waals surface area contributed by atoms with Crippen molar-refractivity contribution in [1.82, 2.24) is 10.6 Å². The maximum atomic E-state index is 12.4. The topological polar surface area (TPSA) is 67.4 Å². The zero-order valence-corrected chi connectivity index (χ0v) is 13.5. The normalized spacial score (nSPS) is 16.6. The zero-order valence-electron chi connectivity index (χ0n) is 13.5. The van der Waals surface area contributed by atoms with Crippen molar-refractivity contribution in [3.8, 4) is 11.1 Å². The van der Waals surface area contributed by atoms with E-state index in [-0.39, 0.29) is 17.9 Å². The molecule has 0 spiro atoms. The molecule has 2 aromatic rings. The van der Waals surface area contributed by atoms with Gasteiger partial charge < -0.3 is 15.4 Å². The van der Waals surface area contributed by atoms with Crippen molar-refractivity contribution in [3.63, 3.8) is 0 Å². The van der Waals surface area contributed by atoms with Gasteiger partial charge in [0.25, 0.3) is 5.91 Å². The Balaban J connectivity index is 1.82. The summed E-state index contributed by atoms with van der Waals surface area (Å²) >= 11 is 0. The van der Waals surface area contributed by atoms with Crippen LogP contribution in [0.25, 0.3) is 11.1 Å². The SMILES string of the molecule is COC(=O)c1cccc(-c2cccc(C(=O)N[C@H]3CCNC3)c2)c1. The molecular formula is C19H20N2O3. The minimum absolute atomic E-state index is 0.0744. The molecule has 1 heterocycles. The van der Waals surface area contributed by atoms with E-state index in [9.17, 15) is 9.59 Å². The molecule has 3 rings (SSSR count). The van der Waals surface area contributed by atoms with Gasteiger partial charge in [0, 0.05) is 18.2 Å². The number of rotatable bonds is 4. The lowest BCUT2D eigenvalue weighted by Crippen LogP contribution is -2.36. The van der Waals surface area contributed by atoms with Gasteiger partial charge in [-0.05, 0) is 48.4 Å². The minimum atomic E-state index is -0.375. The Hall–Kier alpha value is -2.66. The molecule has 0 unspecified atom stereocenters. The van der Waals surface area contributed by atoms with E-state index in [0.717, 1.165) is 30.6 Å². The monoisotopic (exact) mass is 324 g/mol. The molecule has 5 heteroatoms. The van der Waals surface area contributed by atoms with Crippen molar-refractivity contribution in [2.45, 2.75) is 12.5 Å². The molecule has 24 heavy (non-hydrogen) atoms. The molecular weight excluding hydrogens is 304 g/mol. The lowest BCUT2D eigenvalue weighted by molar-refractivity contribution is 0.0600. The molecule has 1 atom stereocenters. The Kier molecular flexibility index (Phi) is 4.91. The molecule has 0 radical (unpaired) electrons. The number of esters is 1. The van der Waals surface area contributed by atoms with E-state index in [1.165, 1.54) is 7.11 Å². The summed E-state index contributed by atoms with van der Waals surface area (Å²) in [5.74, 6) is -0.450. The molecule has 1 aliphatic heterocycles. The standard InChI is InChI=1S/C19H20N2O3/c1-24-19(23)16-7-3-5-14(11-16)13-4-2-6-15(10-13)18(22)21-17-8-9-20-12-17/h2-7,10-11,17,20H,8-9,12H2,1H3,(H,21,22)/t17-/m0/s1. The lowest BCUT2D eigenvalue weighted by Gasteiger charge is -2.12. The highest BCUT2D eigenvalue weighted by molar-refractivity contribution is 5.96. The summed E-state index contributed by atoms with van der Waals surface area (Å²) < 4.78 is 4.75. The first-order valence-corrected chi connectivity index (χ1v) is 7.98. The highest BCUT2D eigenvalue weighted by Gasteiger charge is 2.17. The van der Waals surface area contributed by atoms with Gasteiger partial charge in [-0.2, -0.15) is 0 Å². The van der Waals surface area contributed by atoms with E-state index in [1.54, 1.807) is 24.3 Å². The largest absolute Gasteiger partial charge is 0.465 e. The Labute approximate surface area is 141 Å².